The topological polar surface area (TPSA) is 125 Å². The van der Waals surface area contributed by atoms with E-state index >= 15 is 0 Å². The third kappa shape index (κ3) is 6.41. The van der Waals surface area contributed by atoms with Crippen LogP contribution in [0.1, 0.15) is 62.9 Å². The van der Waals surface area contributed by atoms with Crippen LogP contribution in [0.3, 0.4) is 0 Å². The Hall–Kier alpha value is -3.58. The highest BCUT2D eigenvalue weighted by Gasteiger charge is 2.32. The quantitative estimate of drug-likeness (QED) is 0.400. The van der Waals surface area contributed by atoms with Gasteiger partial charge in [-0.2, -0.15) is 4.31 Å². The first kappa shape index (κ1) is 29.9. The fourth-order valence-electron chi connectivity index (χ4n) is 5.49. The molecular weight excluding hydrogens is 576 g/mol. The Labute approximate surface area is 249 Å². The molecule has 222 valence electrons. The van der Waals surface area contributed by atoms with Gasteiger partial charge >= 0.3 is 6.09 Å². The van der Waals surface area contributed by atoms with Crippen molar-refractivity contribution in [3.63, 3.8) is 0 Å². The van der Waals surface area contributed by atoms with E-state index in [1.165, 1.54) is 52.6 Å². The van der Waals surface area contributed by atoms with Crippen LogP contribution in [-0.4, -0.2) is 61.8 Å². The fraction of sp³-hybridized carbons (Fsp3) is 0.367. The zero-order valence-corrected chi connectivity index (χ0v) is 25.2. The molecule has 3 heterocycles. The lowest BCUT2D eigenvalue weighted by molar-refractivity contribution is 0.0936. The zero-order chi connectivity index (χ0) is 29.9. The summed E-state index contributed by atoms with van der Waals surface area (Å²) in [5, 5.41) is 5.38. The number of thiophene rings is 1. The zero-order valence-electron chi connectivity index (χ0n) is 23.6. The van der Waals surface area contributed by atoms with Gasteiger partial charge in [0.2, 0.25) is 10.0 Å². The Kier molecular flexibility index (Phi) is 9.07. The van der Waals surface area contributed by atoms with Crippen molar-refractivity contribution in [1.29, 1.82) is 0 Å². The summed E-state index contributed by atoms with van der Waals surface area (Å²) in [6.45, 7) is 4.43. The lowest BCUT2D eigenvalue weighted by atomic mass is 10.0. The SMILES string of the molecule is COC(=O)NC(=O)c1c(NC(=O)c2ccc(S(=O)(=O)N3CCCCC3C)cc2)sc2c1CCN(Cc1ccccc1)C2. The van der Waals surface area contributed by atoms with Gasteiger partial charge in [0.1, 0.15) is 5.00 Å². The number of ether oxygens (including phenoxy) is 1. The summed E-state index contributed by atoms with van der Waals surface area (Å²) in [7, 11) is -2.50. The maximum Gasteiger partial charge on any atom is 0.413 e. The van der Waals surface area contributed by atoms with Gasteiger partial charge in [-0.15, -0.1) is 11.3 Å². The second-order valence-corrected chi connectivity index (χ2v) is 13.5. The van der Waals surface area contributed by atoms with Crippen molar-refractivity contribution in [1.82, 2.24) is 14.5 Å². The number of fused-ring (bicyclic) bond motifs is 1. The molecule has 1 aromatic heterocycles. The van der Waals surface area contributed by atoms with Gasteiger partial charge in [0.25, 0.3) is 11.8 Å². The first-order valence-corrected chi connectivity index (χ1v) is 16.2. The summed E-state index contributed by atoms with van der Waals surface area (Å²) in [6, 6.07) is 15.8. The third-order valence-electron chi connectivity index (χ3n) is 7.71. The van der Waals surface area contributed by atoms with E-state index in [0.717, 1.165) is 36.2 Å². The van der Waals surface area contributed by atoms with Crippen molar-refractivity contribution >= 4 is 44.3 Å². The standard InChI is InChI=1S/C30H34N4O6S2/c1-20-8-6-7-16-34(20)42(38,39)23-13-11-22(12-14-23)27(35)31-29-26(28(36)32-30(37)40-2)24-15-17-33(19-25(24)41-29)18-21-9-4-3-5-10-21/h3-5,9-14,20H,6-8,15-19H2,1-2H3,(H,31,35)(H,32,36,37). The van der Waals surface area contributed by atoms with Crippen LogP contribution in [0.4, 0.5) is 9.80 Å². The van der Waals surface area contributed by atoms with Crippen LogP contribution in [0.5, 0.6) is 0 Å². The smallest absolute Gasteiger partial charge is 0.413 e. The molecule has 1 fully saturated rings. The molecule has 1 saturated heterocycles. The van der Waals surface area contributed by atoms with E-state index in [0.29, 0.717) is 31.1 Å². The number of carbonyl (C=O) groups is 3. The van der Waals surface area contributed by atoms with Gasteiger partial charge < -0.3 is 10.1 Å². The van der Waals surface area contributed by atoms with Crippen molar-refractivity contribution in [2.45, 2.75) is 56.6 Å². The van der Waals surface area contributed by atoms with E-state index in [1.54, 1.807) is 0 Å². The second kappa shape index (κ2) is 12.7. The second-order valence-electron chi connectivity index (χ2n) is 10.5. The number of piperidine rings is 1. The number of alkyl carbamates (subject to hydrolysis) is 1. The number of methoxy groups -OCH3 is 1. The van der Waals surface area contributed by atoms with E-state index < -0.39 is 27.9 Å². The average Bonchev–Trinajstić information content (AvgIpc) is 3.34. The van der Waals surface area contributed by atoms with E-state index in [1.807, 2.05) is 25.1 Å². The molecule has 1 atom stereocenters. The van der Waals surface area contributed by atoms with Crippen molar-refractivity contribution in [2.24, 2.45) is 0 Å². The van der Waals surface area contributed by atoms with Crippen LogP contribution in [0.2, 0.25) is 0 Å². The fourth-order valence-corrected chi connectivity index (χ4v) is 8.47. The largest absolute Gasteiger partial charge is 0.453 e. The molecule has 1 unspecified atom stereocenters. The maximum atomic E-state index is 13.3. The molecule has 0 radical (unpaired) electrons. The summed E-state index contributed by atoms with van der Waals surface area (Å²) in [6.07, 6.45) is 2.33. The minimum absolute atomic E-state index is 0.0743. The molecule has 0 saturated carbocycles. The van der Waals surface area contributed by atoms with Gasteiger partial charge in [-0.05, 0) is 61.6 Å². The first-order chi connectivity index (χ1) is 20.2. The lowest BCUT2D eigenvalue weighted by Gasteiger charge is -2.32. The molecule has 3 amide bonds. The number of hydrogen-bond donors (Lipinski definition) is 2. The molecule has 2 aliphatic rings. The Morgan fingerprint density at radius 2 is 1.74 bits per heavy atom. The molecule has 10 nitrogen and oxygen atoms in total. The normalized spacial score (nSPS) is 17.7. The molecule has 0 bridgehead atoms. The number of carbonyl (C=O) groups excluding carboxylic acids is 3. The summed E-state index contributed by atoms with van der Waals surface area (Å²) in [4.78, 5) is 41.6. The Bertz CT molecular complexity index is 1570. The monoisotopic (exact) mass is 610 g/mol. The first-order valence-electron chi connectivity index (χ1n) is 13.9. The highest BCUT2D eigenvalue weighted by molar-refractivity contribution is 7.89. The van der Waals surface area contributed by atoms with Gasteiger partial charge in [0.05, 0.1) is 17.6 Å². The van der Waals surface area contributed by atoms with Crippen LogP contribution in [0.25, 0.3) is 0 Å². The predicted octanol–water partition coefficient (Wildman–Crippen LogP) is 4.62. The van der Waals surface area contributed by atoms with Crippen LogP contribution in [0.15, 0.2) is 59.5 Å². The molecular formula is C30H34N4O6S2. The van der Waals surface area contributed by atoms with E-state index in [-0.39, 0.29) is 22.1 Å². The molecule has 0 aliphatic carbocycles. The predicted molar refractivity (Wildman–Crippen MR) is 160 cm³/mol. The molecule has 12 heteroatoms. The van der Waals surface area contributed by atoms with Crippen molar-refractivity contribution in [2.75, 3.05) is 25.5 Å². The molecule has 3 aromatic rings. The minimum atomic E-state index is -3.67. The third-order valence-corrected chi connectivity index (χ3v) is 10.9. The molecule has 42 heavy (non-hydrogen) atoms. The van der Waals surface area contributed by atoms with Crippen LogP contribution in [0, 0.1) is 0 Å². The molecule has 5 rings (SSSR count). The molecule has 0 spiro atoms. The van der Waals surface area contributed by atoms with Crippen molar-refractivity contribution in [3.8, 4) is 0 Å². The van der Waals surface area contributed by atoms with Crippen LogP contribution < -0.4 is 10.6 Å². The number of anilines is 1. The maximum absolute atomic E-state index is 13.3. The number of amides is 3. The minimum Gasteiger partial charge on any atom is -0.453 e. The highest BCUT2D eigenvalue weighted by atomic mass is 32.2. The number of sulfonamides is 1. The number of nitrogens with zero attached hydrogens (tertiary/aromatic N) is 2. The Morgan fingerprint density at radius 3 is 2.43 bits per heavy atom. The number of benzene rings is 2. The van der Waals surface area contributed by atoms with Crippen LogP contribution in [-0.2, 0) is 34.3 Å². The van der Waals surface area contributed by atoms with Gasteiger partial charge in [-0.1, -0.05) is 36.8 Å². The van der Waals surface area contributed by atoms with E-state index in [4.69, 9.17) is 0 Å². The van der Waals surface area contributed by atoms with Gasteiger partial charge in [0.15, 0.2) is 0 Å². The Balaban J connectivity index is 1.37. The van der Waals surface area contributed by atoms with Crippen molar-refractivity contribution in [3.05, 3.63) is 81.7 Å². The van der Waals surface area contributed by atoms with Gasteiger partial charge in [-0.3, -0.25) is 19.8 Å². The summed E-state index contributed by atoms with van der Waals surface area (Å²) >= 11 is 1.30. The summed E-state index contributed by atoms with van der Waals surface area (Å²) < 4.78 is 32.5. The van der Waals surface area contributed by atoms with Gasteiger partial charge in [0, 0.05) is 42.7 Å². The van der Waals surface area contributed by atoms with Crippen molar-refractivity contribution < 1.29 is 27.5 Å². The molecule has 2 N–H and O–H groups in total. The molecule has 2 aliphatic heterocycles. The van der Waals surface area contributed by atoms with Gasteiger partial charge in [-0.25, -0.2) is 13.2 Å². The Morgan fingerprint density at radius 1 is 1.00 bits per heavy atom. The van der Waals surface area contributed by atoms with Crippen LogP contribution >= 0.6 is 11.3 Å². The average molecular weight is 611 g/mol. The highest BCUT2D eigenvalue weighted by Crippen LogP contribution is 2.38. The molecule has 2 aromatic carbocycles. The summed E-state index contributed by atoms with van der Waals surface area (Å²) in [5.74, 6) is -1.14. The lowest BCUT2D eigenvalue weighted by Crippen LogP contribution is -2.41. The number of imide groups is 1. The number of hydrogen-bond acceptors (Lipinski definition) is 8. The number of rotatable bonds is 7. The summed E-state index contributed by atoms with van der Waals surface area (Å²) in [5.41, 5.74) is 2.46. The van der Waals surface area contributed by atoms with E-state index in [2.05, 4.69) is 32.4 Å². The van der Waals surface area contributed by atoms with E-state index in [9.17, 15) is 22.8 Å². The number of nitrogens with one attached hydrogen (secondary N) is 2.